The zero-order valence-electron chi connectivity index (χ0n) is 21.3. The molecule has 1 amide bonds. The van der Waals surface area contributed by atoms with Gasteiger partial charge in [0.2, 0.25) is 0 Å². The summed E-state index contributed by atoms with van der Waals surface area (Å²) in [4.78, 5) is 49.1. The van der Waals surface area contributed by atoms with E-state index in [9.17, 15) is 14.4 Å². The van der Waals surface area contributed by atoms with Crippen molar-refractivity contribution in [3.8, 4) is 5.75 Å². The molecule has 0 saturated heterocycles. The van der Waals surface area contributed by atoms with Gasteiger partial charge in [-0.15, -0.1) is 0 Å². The topological polar surface area (TPSA) is 104 Å². The van der Waals surface area contributed by atoms with Crippen molar-refractivity contribution in [3.63, 3.8) is 0 Å². The van der Waals surface area contributed by atoms with E-state index < -0.39 is 11.9 Å². The number of carbonyl (C=O) groups excluding carboxylic acids is 2. The van der Waals surface area contributed by atoms with Crippen LogP contribution in [0.5, 0.6) is 5.75 Å². The summed E-state index contributed by atoms with van der Waals surface area (Å²) in [6.45, 7) is 6.52. The highest BCUT2D eigenvalue weighted by Crippen LogP contribution is 2.19. The summed E-state index contributed by atoms with van der Waals surface area (Å²) in [5, 5.41) is 0.240. The highest BCUT2D eigenvalue weighted by atomic mass is 16.5. The summed E-state index contributed by atoms with van der Waals surface area (Å²) in [6, 6.07) is 13.5. The minimum atomic E-state index is -0.671. The summed E-state index contributed by atoms with van der Waals surface area (Å²) < 4.78 is 14.0. The molecule has 0 aliphatic carbocycles. The van der Waals surface area contributed by atoms with Gasteiger partial charge in [0.05, 0.1) is 24.2 Å². The van der Waals surface area contributed by atoms with Crippen LogP contribution in [0.25, 0.3) is 16.7 Å². The lowest BCUT2D eigenvalue weighted by molar-refractivity contribution is 0.0523. The number of carbonyl (C=O) groups is 2. The average Bonchev–Trinajstić information content (AvgIpc) is 2.90. The molecule has 3 aromatic heterocycles. The number of rotatable bonds is 9. The molecule has 0 aliphatic heterocycles. The van der Waals surface area contributed by atoms with Crippen LogP contribution in [-0.4, -0.2) is 39.0 Å². The van der Waals surface area contributed by atoms with Gasteiger partial charge < -0.3 is 14.0 Å². The standard InChI is InChI=1S/C28H30N4O5/c1-4-7-11-17-32-24-20(27(34)31-16-12-10-15-23(31)29-24)18-21(28(35)37-6-3)25(32)30-26(33)19-13-8-9-14-22(19)36-5-2/h8-10,12-16,18H,4-7,11,17H2,1-3H3. The van der Waals surface area contributed by atoms with E-state index in [4.69, 9.17) is 14.5 Å². The first kappa shape index (κ1) is 25.8. The summed E-state index contributed by atoms with van der Waals surface area (Å²) in [5.74, 6) is -0.844. The van der Waals surface area contributed by atoms with Gasteiger partial charge >= 0.3 is 5.97 Å². The van der Waals surface area contributed by atoms with Crippen molar-refractivity contribution in [3.05, 3.63) is 81.7 Å². The van der Waals surface area contributed by atoms with E-state index in [2.05, 4.69) is 11.9 Å². The molecule has 3 heterocycles. The molecule has 9 nitrogen and oxygen atoms in total. The van der Waals surface area contributed by atoms with Crippen LogP contribution >= 0.6 is 0 Å². The molecule has 4 rings (SSSR count). The number of nitrogens with zero attached hydrogens (tertiary/aromatic N) is 4. The molecule has 192 valence electrons. The van der Waals surface area contributed by atoms with Crippen molar-refractivity contribution >= 4 is 28.6 Å². The SMILES string of the molecule is CCCCCn1c(=NC(=O)c2ccccc2OCC)c(C(=O)OCC)cc2c(=O)n3ccccc3nc21. The third-order valence-electron chi connectivity index (χ3n) is 5.90. The van der Waals surface area contributed by atoms with Crippen molar-refractivity contribution in [1.29, 1.82) is 0 Å². The zero-order valence-corrected chi connectivity index (χ0v) is 21.3. The maximum atomic E-state index is 13.4. The Morgan fingerprint density at radius 2 is 1.76 bits per heavy atom. The number of aryl methyl sites for hydroxylation is 1. The molecule has 9 heteroatoms. The Morgan fingerprint density at radius 3 is 2.51 bits per heavy atom. The molecule has 0 radical (unpaired) electrons. The second-order valence-electron chi connectivity index (χ2n) is 8.39. The molecule has 0 spiro atoms. The first-order chi connectivity index (χ1) is 18.0. The fourth-order valence-electron chi connectivity index (χ4n) is 4.17. The Hall–Kier alpha value is -4.27. The molecule has 1 aromatic carbocycles. The highest BCUT2D eigenvalue weighted by molar-refractivity contribution is 5.99. The number of para-hydroxylation sites is 1. The third kappa shape index (κ3) is 5.30. The Labute approximate surface area is 214 Å². The molecule has 0 fully saturated rings. The third-order valence-corrected chi connectivity index (χ3v) is 5.90. The molecular formula is C28H30N4O5. The van der Waals surface area contributed by atoms with Gasteiger partial charge in [-0.3, -0.25) is 14.0 Å². The largest absolute Gasteiger partial charge is 0.493 e. The maximum absolute atomic E-state index is 13.4. The number of ether oxygens (including phenoxy) is 2. The quantitative estimate of drug-likeness (QED) is 0.193. The number of hydrogen-bond donors (Lipinski definition) is 0. The number of esters is 1. The molecule has 0 atom stereocenters. The molecule has 0 saturated carbocycles. The Kier molecular flexibility index (Phi) is 8.12. The van der Waals surface area contributed by atoms with E-state index >= 15 is 0 Å². The van der Waals surface area contributed by atoms with E-state index in [1.165, 1.54) is 10.5 Å². The minimum absolute atomic E-state index is 0.0304. The maximum Gasteiger partial charge on any atom is 0.341 e. The summed E-state index contributed by atoms with van der Waals surface area (Å²) in [6.07, 6.45) is 4.24. The number of hydrogen-bond acceptors (Lipinski definition) is 6. The Morgan fingerprint density at radius 1 is 0.973 bits per heavy atom. The van der Waals surface area contributed by atoms with Gasteiger partial charge in [0.25, 0.3) is 11.5 Å². The van der Waals surface area contributed by atoms with Crippen LogP contribution in [0.3, 0.4) is 0 Å². The van der Waals surface area contributed by atoms with Gasteiger partial charge in [-0.2, -0.15) is 4.99 Å². The second kappa shape index (κ2) is 11.6. The normalized spacial score (nSPS) is 11.7. The van der Waals surface area contributed by atoms with Crippen LogP contribution in [0, 0.1) is 0 Å². The van der Waals surface area contributed by atoms with E-state index in [0.717, 1.165) is 19.3 Å². The fraction of sp³-hybridized carbons (Fsp3) is 0.321. The lowest BCUT2D eigenvalue weighted by Crippen LogP contribution is -2.33. The van der Waals surface area contributed by atoms with Crippen molar-refractivity contribution in [2.75, 3.05) is 13.2 Å². The van der Waals surface area contributed by atoms with Gasteiger partial charge in [0.1, 0.15) is 22.6 Å². The van der Waals surface area contributed by atoms with E-state index in [0.29, 0.717) is 30.2 Å². The van der Waals surface area contributed by atoms with E-state index in [-0.39, 0.29) is 34.2 Å². The average molecular weight is 503 g/mol. The minimum Gasteiger partial charge on any atom is -0.493 e. The number of fused-ring (bicyclic) bond motifs is 2. The highest BCUT2D eigenvalue weighted by Gasteiger charge is 2.21. The van der Waals surface area contributed by atoms with Crippen molar-refractivity contribution in [1.82, 2.24) is 14.0 Å². The summed E-state index contributed by atoms with van der Waals surface area (Å²) in [5.41, 5.74) is 0.881. The molecule has 0 N–H and O–H groups in total. The summed E-state index contributed by atoms with van der Waals surface area (Å²) >= 11 is 0. The Bertz CT molecular complexity index is 1590. The van der Waals surface area contributed by atoms with Gasteiger partial charge in [-0.05, 0) is 50.6 Å². The molecule has 0 aliphatic rings. The molecule has 0 bridgehead atoms. The van der Waals surface area contributed by atoms with Crippen LogP contribution in [-0.2, 0) is 11.3 Å². The molecule has 37 heavy (non-hydrogen) atoms. The van der Waals surface area contributed by atoms with Crippen molar-refractivity contribution < 1.29 is 19.1 Å². The Balaban J connectivity index is 2.08. The van der Waals surface area contributed by atoms with Crippen molar-refractivity contribution in [2.24, 2.45) is 4.99 Å². The smallest absolute Gasteiger partial charge is 0.341 e. The van der Waals surface area contributed by atoms with Gasteiger partial charge in [0.15, 0.2) is 5.49 Å². The van der Waals surface area contributed by atoms with Gasteiger partial charge in [0, 0.05) is 12.7 Å². The van der Waals surface area contributed by atoms with Crippen molar-refractivity contribution in [2.45, 2.75) is 46.6 Å². The van der Waals surface area contributed by atoms with Gasteiger partial charge in [-0.25, -0.2) is 9.78 Å². The number of benzene rings is 1. The van der Waals surface area contributed by atoms with Crippen LogP contribution < -0.4 is 15.8 Å². The van der Waals surface area contributed by atoms with Crippen LogP contribution in [0.15, 0.2) is 64.5 Å². The molecular weight excluding hydrogens is 472 g/mol. The van der Waals surface area contributed by atoms with E-state index in [1.54, 1.807) is 60.2 Å². The fourth-order valence-corrected chi connectivity index (χ4v) is 4.17. The molecule has 0 unspecified atom stereocenters. The van der Waals surface area contributed by atoms with Gasteiger partial charge in [-0.1, -0.05) is 38.0 Å². The van der Waals surface area contributed by atoms with E-state index in [1.807, 2.05) is 6.92 Å². The monoisotopic (exact) mass is 502 g/mol. The summed E-state index contributed by atoms with van der Waals surface area (Å²) in [7, 11) is 0. The first-order valence-corrected chi connectivity index (χ1v) is 12.5. The predicted molar refractivity (Wildman–Crippen MR) is 140 cm³/mol. The molecule has 4 aromatic rings. The van der Waals surface area contributed by atoms with Crippen LogP contribution in [0.2, 0.25) is 0 Å². The zero-order chi connectivity index (χ0) is 26.4. The van der Waals surface area contributed by atoms with Crippen LogP contribution in [0.4, 0.5) is 0 Å². The predicted octanol–water partition coefficient (Wildman–Crippen LogP) is 4.16. The number of amides is 1. The van der Waals surface area contributed by atoms with Crippen LogP contribution in [0.1, 0.15) is 60.7 Å². The number of pyridine rings is 2. The lowest BCUT2D eigenvalue weighted by Gasteiger charge is -2.15. The number of unbranched alkanes of at least 4 members (excludes halogenated alkanes) is 2. The first-order valence-electron chi connectivity index (χ1n) is 12.5. The lowest BCUT2D eigenvalue weighted by atomic mass is 10.1. The second-order valence-corrected chi connectivity index (χ2v) is 8.39. The number of aromatic nitrogens is 3.